The Balaban J connectivity index is 1.69. The van der Waals surface area contributed by atoms with Crippen molar-refractivity contribution in [2.45, 2.75) is 19.3 Å². The minimum Gasteiger partial charge on any atom is -0.353 e. The molecular formula is C12H16N4O2. The van der Waals surface area contributed by atoms with Crippen molar-refractivity contribution in [3.05, 3.63) is 17.7 Å². The number of nitrogens with zero attached hydrogens (tertiary/aromatic N) is 2. The van der Waals surface area contributed by atoms with Gasteiger partial charge in [-0.1, -0.05) is 0 Å². The minimum absolute atomic E-state index is 0.0103. The van der Waals surface area contributed by atoms with Crippen LogP contribution >= 0.6 is 0 Å². The maximum absolute atomic E-state index is 12.3. The highest BCUT2D eigenvalue weighted by Gasteiger charge is 2.31. The third-order valence-electron chi connectivity index (χ3n) is 3.69. The Labute approximate surface area is 105 Å². The highest BCUT2D eigenvalue weighted by Crippen LogP contribution is 2.24. The Morgan fingerprint density at radius 1 is 1.50 bits per heavy atom. The van der Waals surface area contributed by atoms with Crippen LogP contribution in [0.25, 0.3) is 0 Å². The highest BCUT2D eigenvalue weighted by atomic mass is 16.2. The van der Waals surface area contributed by atoms with E-state index >= 15 is 0 Å². The molecule has 1 aliphatic carbocycles. The number of carbonyl (C=O) groups excluding carboxylic acids is 2. The van der Waals surface area contributed by atoms with E-state index in [2.05, 4.69) is 15.3 Å². The summed E-state index contributed by atoms with van der Waals surface area (Å²) in [7, 11) is 0. The van der Waals surface area contributed by atoms with E-state index in [4.69, 9.17) is 0 Å². The number of aryl methyl sites for hydroxylation is 1. The van der Waals surface area contributed by atoms with E-state index in [-0.39, 0.29) is 24.3 Å². The molecule has 1 aromatic rings. The fourth-order valence-electron chi connectivity index (χ4n) is 2.70. The van der Waals surface area contributed by atoms with E-state index in [1.807, 2.05) is 0 Å². The number of imidazole rings is 1. The Morgan fingerprint density at radius 3 is 3.22 bits per heavy atom. The zero-order chi connectivity index (χ0) is 12.5. The first-order valence-electron chi connectivity index (χ1n) is 6.30. The second-order valence-corrected chi connectivity index (χ2v) is 4.88. The molecule has 2 N–H and O–H groups in total. The van der Waals surface area contributed by atoms with E-state index < -0.39 is 0 Å². The highest BCUT2D eigenvalue weighted by molar-refractivity contribution is 5.87. The predicted octanol–water partition coefficient (Wildman–Crippen LogP) is -0.527. The maximum Gasteiger partial charge on any atom is 0.239 e. The number of fused-ring (bicyclic) bond motifs is 1. The standard InChI is InChI=1S/C12H16N4O2/c17-11-6-16(4-3-13-11)12(18)8-1-2-9-10(5-8)15-7-14-9/h7-8H,1-6H2,(H,13,17)(H,14,15). The molecule has 1 unspecified atom stereocenters. The predicted molar refractivity (Wildman–Crippen MR) is 63.7 cm³/mol. The van der Waals surface area contributed by atoms with E-state index in [0.717, 1.165) is 24.2 Å². The maximum atomic E-state index is 12.3. The molecular weight excluding hydrogens is 232 g/mol. The van der Waals surface area contributed by atoms with Crippen LogP contribution in [0.1, 0.15) is 17.8 Å². The number of hydrogen-bond acceptors (Lipinski definition) is 3. The van der Waals surface area contributed by atoms with Crippen molar-refractivity contribution < 1.29 is 9.59 Å². The lowest BCUT2D eigenvalue weighted by Crippen LogP contribution is -2.52. The average molecular weight is 248 g/mol. The van der Waals surface area contributed by atoms with Crippen LogP contribution in [0, 0.1) is 5.92 Å². The van der Waals surface area contributed by atoms with Crippen molar-refractivity contribution in [1.29, 1.82) is 0 Å². The topological polar surface area (TPSA) is 78.1 Å². The molecule has 0 radical (unpaired) electrons. The molecule has 0 spiro atoms. The first-order chi connectivity index (χ1) is 8.74. The van der Waals surface area contributed by atoms with Crippen molar-refractivity contribution in [3.8, 4) is 0 Å². The van der Waals surface area contributed by atoms with Crippen molar-refractivity contribution in [3.63, 3.8) is 0 Å². The number of aromatic amines is 1. The number of aromatic nitrogens is 2. The number of H-pyrrole nitrogens is 1. The van der Waals surface area contributed by atoms with Crippen molar-refractivity contribution >= 4 is 11.8 Å². The normalized spacial score (nSPS) is 23.4. The van der Waals surface area contributed by atoms with Crippen LogP contribution in [-0.4, -0.2) is 46.3 Å². The Hall–Kier alpha value is -1.85. The molecule has 6 heteroatoms. The molecule has 3 rings (SSSR count). The molecule has 0 aromatic carbocycles. The SMILES string of the molecule is O=C1CN(C(=O)C2CCc3nc[nH]c3C2)CCN1. The van der Waals surface area contributed by atoms with Crippen molar-refractivity contribution in [1.82, 2.24) is 20.2 Å². The molecule has 18 heavy (non-hydrogen) atoms. The Morgan fingerprint density at radius 2 is 2.39 bits per heavy atom. The van der Waals surface area contributed by atoms with Crippen LogP contribution in [-0.2, 0) is 22.4 Å². The third kappa shape index (κ3) is 1.98. The van der Waals surface area contributed by atoms with Gasteiger partial charge in [-0.3, -0.25) is 9.59 Å². The zero-order valence-electron chi connectivity index (χ0n) is 10.1. The van der Waals surface area contributed by atoms with Gasteiger partial charge in [-0.05, 0) is 12.8 Å². The van der Waals surface area contributed by atoms with Crippen LogP contribution in [0.5, 0.6) is 0 Å². The van der Waals surface area contributed by atoms with Gasteiger partial charge in [0.15, 0.2) is 0 Å². The number of hydrogen-bond donors (Lipinski definition) is 2. The molecule has 1 fully saturated rings. The number of rotatable bonds is 1. The van der Waals surface area contributed by atoms with Gasteiger partial charge >= 0.3 is 0 Å². The van der Waals surface area contributed by atoms with Gasteiger partial charge in [0.1, 0.15) is 0 Å². The number of nitrogens with one attached hydrogen (secondary N) is 2. The summed E-state index contributed by atoms with van der Waals surface area (Å²) in [5, 5.41) is 2.73. The molecule has 0 bridgehead atoms. The Bertz CT molecular complexity index is 482. The van der Waals surface area contributed by atoms with Crippen LogP contribution in [0.15, 0.2) is 6.33 Å². The monoisotopic (exact) mass is 248 g/mol. The average Bonchev–Trinajstić information content (AvgIpc) is 2.85. The molecule has 1 aromatic heterocycles. The molecule has 1 atom stereocenters. The fourth-order valence-corrected chi connectivity index (χ4v) is 2.70. The molecule has 2 aliphatic rings. The summed E-state index contributed by atoms with van der Waals surface area (Å²) < 4.78 is 0. The first kappa shape index (κ1) is 11.3. The molecule has 96 valence electrons. The van der Waals surface area contributed by atoms with Gasteiger partial charge in [0, 0.05) is 31.1 Å². The molecule has 2 heterocycles. The van der Waals surface area contributed by atoms with Crippen molar-refractivity contribution in [2.75, 3.05) is 19.6 Å². The van der Waals surface area contributed by atoms with E-state index in [1.165, 1.54) is 0 Å². The second kappa shape index (κ2) is 4.44. The van der Waals surface area contributed by atoms with Gasteiger partial charge in [-0.15, -0.1) is 0 Å². The van der Waals surface area contributed by atoms with Gasteiger partial charge in [-0.2, -0.15) is 0 Å². The van der Waals surface area contributed by atoms with Crippen LogP contribution < -0.4 is 5.32 Å². The quantitative estimate of drug-likeness (QED) is 0.701. The number of carbonyl (C=O) groups is 2. The van der Waals surface area contributed by atoms with E-state index in [1.54, 1.807) is 11.2 Å². The number of amides is 2. The summed E-state index contributed by atoms with van der Waals surface area (Å²) in [5.41, 5.74) is 2.15. The van der Waals surface area contributed by atoms with Gasteiger partial charge in [0.25, 0.3) is 0 Å². The summed E-state index contributed by atoms with van der Waals surface area (Å²) in [6.45, 7) is 1.38. The smallest absolute Gasteiger partial charge is 0.239 e. The molecule has 2 amide bonds. The van der Waals surface area contributed by atoms with Gasteiger partial charge in [0.2, 0.25) is 11.8 Å². The number of piperazine rings is 1. The lowest BCUT2D eigenvalue weighted by Gasteiger charge is -2.31. The Kier molecular flexibility index (Phi) is 2.77. The van der Waals surface area contributed by atoms with Gasteiger partial charge in [0.05, 0.1) is 18.6 Å². The van der Waals surface area contributed by atoms with Crippen LogP contribution in [0.2, 0.25) is 0 Å². The fraction of sp³-hybridized carbons (Fsp3) is 0.583. The summed E-state index contributed by atoms with van der Waals surface area (Å²) in [4.78, 5) is 32.6. The van der Waals surface area contributed by atoms with Crippen molar-refractivity contribution in [2.24, 2.45) is 5.92 Å². The summed E-state index contributed by atoms with van der Waals surface area (Å²) in [5.74, 6) is 0.0292. The van der Waals surface area contributed by atoms with Gasteiger partial charge < -0.3 is 15.2 Å². The van der Waals surface area contributed by atoms with Crippen LogP contribution in [0.3, 0.4) is 0 Å². The molecule has 1 saturated heterocycles. The largest absolute Gasteiger partial charge is 0.353 e. The first-order valence-corrected chi connectivity index (χ1v) is 6.30. The minimum atomic E-state index is -0.0624. The third-order valence-corrected chi connectivity index (χ3v) is 3.69. The van der Waals surface area contributed by atoms with Gasteiger partial charge in [-0.25, -0.2) is 4.98 Å². The van der Waals surface area contributed by atoms with Crippen LogP contribution in [0.4, 0.5) is 0 Å². The van der Waals surface area contributed by atoms with E-state index in [9.17, 15) is 9.59 Å². The zero-order valence-corrected chi connectivity index (χ0v) is 10.1. The molecule has 1 aliphatic heterocycles. The summed E-state index contributed by atoms with van der Waals surface area (Å²) >= 11 is 0. The van der Waals surface area contributed by atoms with E-state index in [0.29, 0.717) is 19.5 Å². The second-order valence-electron chi connectivity index (χ2n) is 4.88. The lowest BCUT2D eigenvalue weighted by atomic mass is 9.88. The summed E-state index contributed by atoms with van der Waals surface area (Å²) in [6, 6.07) is 0. The summed E-state index contributed by atoms with van der Waals surface area (Å²) in [6.07, 6.45) is 4.07. The molecule has 0 saturated carbocycles. The lowest BCUT2D eigenvalue weighted by molar-refractivity contribution is -0.141. The molecule has 6 nitrogen and oxygen atoms in total.